The van der Waals surface area contributed by atoms with Gasteiger partial charge in [-0.15, -0.1) is 0 Å². The summed E-state index contributed by atoms with van der Waals surface area (Å²) in [7, 11) is 0. The topological polar surface area (TPSA) is 35.6 Å². The first-order valence-electron chi connectivity index (χ1n) is 25.2. The Morgan fingerprint density at radius 2 is 0.446 bits per heavy atom. The highest BCUT2D eigenvalue weighted by molar-refractivity contribution is 6.22. The molecule has 0 bridgehead atoms. The minimum atomic E-state index is 0.884. The summed E-state index contributed by atoms with van der Waals surface area (Å²) in [6.07, 6.45) is 0. The van der Waals surface area contributed by atoms with Gasteiger partial charge in [0.15, 0.2) is 0 Å². The van der Waals surface area contributed by atoms with Gasteiger partial charge in [0.2, 0.25) is 0 Å². The molecule has 0 aliphatic carbocycles. The van der Waals surface area contributed by atoms with Crippen LogP contribution in [0.2, 0.25) is 0 Å². The third-order valence-electron chi connectivity index (χ3n) is 14.5. The molecule has 4 nitrogen and oxygen atoms in total. The normalized spacial score (nSPS) is 11.5. The van der Waals surface area contributed by atoms with Crippen molar-refractivity contribution < 1.29 is 0 Å². The molecule has 74 heavy (non-hydrogen) atoms. The first-order valence-corrected chi connectivity index (χ1v) is 25.2. The van der Waals surface area contributed by atoms with E-state index in [-0.39, 0.29) is 0 Å². The van der Waals surface area contributed by atoms with Gasteiger partial charge >= 0.3 is 0 Å². The summed E-state index contributed by atoms with van der Waals surface area (Å²) >= 11 is 0. The summed E-state index contributed by atoms with van der Waals surface area (Å²) in [5.41, 5.74) is 19.6. The first kappa shape index (κ1) is 42.9. The van der Waals surface area contributed by atoms with E-state index in [1.807, 2.05) is 0 Å². The lowest BCUT2D eigenvalue weighted by atomic mass is 9.90. The summed E-state index contributed by atoms with van der Waals surface area (Å²) in [6, 6.07) is 99.7. The van der Waals surface area contributed by atoms with Crippen molar-refractivity contribution in [1.29, 1.82) is 0 Å². The lowest BCUT2D eigenvalue weighted by Gasteiger charge is -2.17. The van der Waals surface area contributed by atoms with E-state index in [4.69, 9.17) is 9.97 Å². The highest BCUT2D eigenvalue weighted by atomic mass is 15.1. The molecular weight excluding hydrogens is 897 g/mol. The van der Waals surface area contributed by atoms with Crippen molar-refractivity contribution in [2.45, 2.75) is 0 Å². The Morgan fingerprint density at radius 1 is 0.203 bits per heavy atom. The van der Waals surface area contributed by atoms with Crippen LogP contribution >= 0.6 is 0 Å². The molecule has 0 unspecified atom stereocenters. The molecule has 0 saturated heterocycles. The number of hydrogen-bond acceptors (Lipinski definition) is 2. The molecule has 4 heteroatoms. The molecule has 0 aliphatic rings. The largest absolute Gasteiger partial charge is 0.292 e. The van der Waals surface area contributed by atoms with E-state index in [0.29, 0.717) is 0 Å². The number of imidazole rings is 2. The third kappa shape index (κ3) is 7.15. The molecule has 0 spiro atoms. The van der Waals surface area contributed by atoms with Crippen molar-refractivity contribution in [1.82, 2.24) is 19.1 Å². The summed E-state index contributed by atoms with van der Waals surface area (Å²) < 4.78 is 4.74. The van der Waals surface area contributed by atoms with Crippen LogP contribution in [-0.2, 0) is 0 Å². The van der Waals surface area contributed by atoms with Gasteiger partial charge in [0.25, 0.3) is 0 Å². The van der Waals surface area contributed by atoms with E-state index in [1.54, 1.807) is 0 Å². The Morgan fingerprint density at radius 3 is 0.757 bits per heavy atom. The summed E-state index contributed by atoms with van der Waals surface area (Å²) in [6.45, 7) is 0. The first-order chi connectivity index (χ1) is 36.8. The number of nitrogens with zero attached hydrogens (tertiary/aromatic N) is 4. The van der Waals surface area contributed by atoms with Gasteiger partial charge in [-0.1, -0.05) is 255 Å². The molecule has 0 fully saturated rings. The maximum atomic E-state index is 5.69. The zero-order valence-corrected chi connectivity index (χ0v) is 40.3. The predicted molar refractivity (Wildman–Crippen MR) is 309 cm³/mol. The van der Waals surface area contributed by atoms with Crippen LogP contribution in [0.4, 0.5) is 0 Å². The van der Waals surface area contributed by atoms with E-state index >= 15 is 0 Å². The van der Waals surface area contributed by atoms with E-state index < -0.39 is 0 Å². The van der Waals surface area contributed by atoms with Crippen LogP contribution in [0.15, 0.2) is 279 Å². The Bertz CT molecular complexity index is 4050. The molecule has 0 aliphatic heterocycles. The van der Waals surface area contributed by atoms with Crippen LogP contribution < -0.4 is 0 Å². The minimum Gasteiger partial charge on any atom is -0.292 e. The van der Waals surface area contributed by atoms with E-state index in [2.05, 4.69) is 288 Å². The second kappa shape index (κ2) is 18.1. The average molecular weight is 943 g/mol. The molecular formula is C70H46N4. The van der Waals surface area contributed by atoms with Crippen LogP contribution in [0.3, 0.4) is 0 Å². The lowest BCUT2D eigenvalue weighted by molar-refractivity contribution is 1.10. The number of benzene rings is 12. The molecule has 14 aromatic rings. The number of aromatic nitrogens is 4. The van der Waals surface area contributed by atoms with Crippen molar-refractivity contribution in [3.8, 4) is 89.8 Å². The fourth-order valence-electron chi connectivity index (χ4n) is 11.3. The smallest absolute Gasteiger partial charge is 0.145 e. The molecule has 0 amide bonds. The second-order valence-corrected chi connectivity index (χ2v) is 18.8. The van der Waals surface area contributed by atoms with Crippen LogP contribution in [-0.4, -0.2) is 19.1 Å². The standard InChI is InChI=1S/C70H46N4/c1-7-23-49(24-8-1)61-57-35-19-21-37-59(57)63(51-27-11-3-12-28-51)67-65(61)71-69(73(67)55-31-15-5-16-32-55)53-43-39-47(40-44-53)48-41-45-54(46-42-48)70-72-66-62(50-25-9-2-10-26-50)58-36-20-22-38-60(58)64(52-29-13-4-14-30-52)68(66)74(70)56-33-17-6-18-34-56/h1-46H. The molecule has 0 radical (unpaired) electrons. The van der Waals surface area contributed by atoms with Gasteiger partial charge in [0.1, 0.15) is 11.6 Å². The van der Waals surface area contributed by atoms with Crippen LogP contribution in [0.5, 0.6) is 0 Å². The average Bonchev–Trinajstić information content (AvgIpc) is 4.08. The number of hydrogen-bond donors (Lipinski definition) is 0. The maximum absolute atomic E-state index is 5.69. The Balaban J connectivity index is 0.938. The van der Waals surface area contributed by atoms with Gasteiger partial charge in [-0.25, -0.2) is 9.97 Å². The van der Waals surface area contributed by atoms with Gasteiger partial charge in [0.05, 0.1) is 22.1 Å². The summed E-state index contributed by atoms with van der Waals surface area (Å²) in [5.74, 6) is 1.77. The maximum Gasteiger partial charge on any atom is 0.145 e. The number of para-hydroxylation sites is 2. The quantitative estimate of drug-likeness (QED) is 0.145. The summed E-state index contributed by atoms with van der Waals surface area (Å²) in [4.78, 5) is 11.4. The number of rotatable bonds is 9. The van der Waals surface area contributed by atoms with E-state index in [0.717, 1.165) is 112 Å². The summed E-state index contributed by atoms with van der Waals surface area (Å²) in [5, 5.41) is 4.73. The van der Waals surface area contributed by atoms with Gasteiger partial charge < -0.3 is 0 Å². The van der Waals surface area contributed by atoms with Gasteiger partial charge in [-0.3, -0.25) is 9.13 Å². The molecule has 346 valence electrons. The molecule has 14 rings (SSSR count). The molecule has 0 saturated carbocycles. The third-order valence-corrected chi connectivity index (χ3v) is 14.5. The van der Waals surface area contributed by atoms with Crippen LogP contribution in [0.25, 0.3) is 133 Å². The molecule has 12 aromatic carbocycles. The Kier molecular flexibility index (Phi) is 10.5. The van der Waals surface area contributed by atoms with Crippen molar-refractivity contribution in [3.05, 3.63) is 279 Å². The van der Waals surface area contributed by atoms with Crippen molar-refractivity contribution in [2.24, 2.45) is 0 Å². The fraction of sp³-hybridized carbons (Fsp3) is 0. The monoisotopic (exact) mass is 942 g/mol. The molecule has 0 atom stereocenters. The fourth-order valence-corrected chi connectivity index (χ4v) is 11.3. The zero-order chi connectivity index (χ0) is 49.0. The van der Waals surface area contributed by atoms with Crippen molar-refractivity contribution >= 4 is 43.6 Å². The number of fused-ring (bicyclic) bond motifs is 4. The van der Waals surface area contributed by atoms with E-state index in [9.17, 15) is 0 Å². The second-order valence-electron chi connectivity index (χ2n) is 18.8. The minimum absolute atomic E-state index is 0.884. The highest BCUT2D eigenvalue weighted by Gasteiger charge is 2.27. The zero-order valence-electron chi connectivity index (χ0n) is 40.3. The van der Waals surface area contributed by atoms with Gasteiger partial charge in [-0.2, -0.15) is 0 Å². The lowest BCUT2D eigenvalue weighted by Crippen LogP contribution is -1.99. The SMILES string of the molecule is c1ccc(-c2c3ccccc3c(-c3ccccc3)c3c2nc(-c2ccc(-c4ccc(-c5nc6c(-c7ccccc7)c7ccccc7c(-c7ccccc7)c6n5-c5ccccc5)cc4)cc2)n3-c2ccccc2)cc1. The van der Waals surface area contributed by atoms with Crippen molar-refractivity contribution in [3.63, 3.8) is 0 Å². The van der Waals surface area contributed by atoms with Crippen molar-refractivity contribution in [2.75, 3.05) is 0 Å². The van der Waals surface area contributed by atoms with Crippen LogP contribution in [0.1, 0.15) is 0 Å². The van der Waals surface area contributed by atoms with Crippen LogP contribution in [0, 0.1) is 0 Å². The molecule has 2 aromatic heterocycles. The highest BCUT2D eigenvalue weighted by Crippen LogP contribution is 2.48. The van der Waals surface area contributed by atoms with Gasteiger partial charge in [0, 0.05) is 44.8 Å². The van der Waals surface area contributed by atoms with Gasteiger partial charge in [-0.05, 0) is 79.2 Å². The van der Waals surface area contributed by atoms with E-state index in [1.165, 1.54) is 21.5 Å². The molecule has 2 heterocycles. The molecule has 0 N–H and O–H groups in total. The predicted octanol–water partition coefficient (Wildman–Crippen LogP) is 18.3. The Hall–Kier alpha value is -9.90. The Labute approximate surface area is 429 Å².